The summed E-state index contributed by atoms with van der Waals surface area (Å²) < 4.78 is 3.33. The minimum absolute atomic E-state index is 0.0469. The highest BCUT2D eigenvalue weighted by Gasteiger charge is 2.18. The van der Waals surface area contributed by atoms with Crippen molar-refractivity contribution < 1.29 is 19.8 Å². The van der Waals surface area contributed by atoms with Crippen molar-refractivity contribution in [1.29, 1.82) is 0 Å². The van der Waals surface area contributed by atoms with Gasteiger partial charge in [0.1, 0.15) is 0 Å². The molecule has 2 aromatic heterocycles. The molecule has 0 saturated carbocycles. The van der Waals surface area contributed by atoms with Crippen molar-refractivity contribution in [3.05, 3.63) is 55.4 Å². The lowest BCUT2D eigenvalue weighted by Crippen LogP contribution is -2.31. The van der Waals surface area contributed by atoms with Gasteiger partial charge >= 0.3 is 0 Å². The summed E-state index contributed by atoms with van der Waals surface area (Å²) in [6.07, 6.45) is 2.74. The van der Waals surface area contributed by atoms with Crippen LogP contribution in [0.3, 0.4) is 0 Å². The van der Waals surface area contributed by atoms with Gasteiger partial charge in [-0.3, -0.25) is 19.2 Å². The van der Waals surface area contributed by atoms with Crippen LogP contribution in [-0.2, 0) is 36.8 Å². The SMILES string of the molecule is CCC(CCCCC(=O)NCc1c(O)c(=O)cc(C)n1C)C(=O)NCc1c(O)c(=O)cc(C)n1C. The van der Waals surface area contributed by atoms with Crippen LogP contribution >= 0.6 is 0 Å². The second kappa shape index (κ2) is 12.2. The lowest BCUT2D eigenvalue weighted by molar-refractivity contribution is -0.125. The Bertz CT molecular complexity index is 1200. The number of amides is 2. The van der Waals surface area contributed by atoms with E-state index in [1.807, 2.05) is 6.92 Å². The molecule has 0 aliphatic carbocycles. The summed E-state index contributed by atoms with van der Waals surface area (Å²) >= 11 is 0. The number of nitrogens with zero attached hydrogens (tertiary/aromatic N) is 2. The lowest BCUT2D eigenvalue weighted by Gasteiger charge is -2.18. The standard InChI is InChI=1S/C25H36N4O6/c1-6-17(25(35)27-14-19-24(34)21(31)12-16(3)29(19)5)9-7-8-10-22(32)26-13-18-23(33)20(30)11-15(2)28(18)4/h11-12,17,33-34H,6-10,13-14H2,1-5H3,(H,26,32)(H,27,35). The van der Waals surface area contributed by atoms with E-state index in [1.165, 1.54) is 12.1 Å². The molecule has 1 unspecified atom stereocenters. The van der Waals surface area contributed by atoms with Crippen LogP contribution in [0.5, 0.6) is 11.5 Å². The fourth-order valence-electron chi connectivity index (χ4n) is 3.93. The molecule has 2 rings (SSSR count). The molecule has 0 saturated heterocycles. The number of aromatic hydroxyl groups is 2. The van der Waals surface area contributed by atoms with Crippen LogP contribution in [0.1, 0.15) is 61.8 Å². The molecule has 0 radical (unpaired) electrons. The van der Waals surface area contributed by atoms with Gasteiger partial charge in [0.2, 0.25) is 22.7 Å². The summed E-state index contributed by atoms with van der Waals surface area (Å²) in [5.74, 6) is -1.35. The number of carbonyl (C=O) groups is 2. The van der Waals surface area contributed by atoms with Crippen molar-refractivity contribution in [2.75, 3.05) is 0 Å². The molecular weight excluding hydrogens is 452 g/mol. The van der Waals surface area contributed by atoms with E-state index in [0.717, 1.165) is 0 Å². The lowest BCUT2D eigenvalue weighted by atomic mass is 9.97. The average Bonchev–Trinajstić information content (AvgIpc) is 2.81. The second-order valence-electron chi connectivity index (χ2n) is 8.85. The molecule has 192 valence electrons. The molecule has 0 aliphatic rings. The molecule has 0 aliphatic heterocycles. The zero-order valence-corrected chi connectivity index (χ0v) is 21.1. The summed E-state index contributed by atoms with van der Waals surface area (Å²) in [6, 6.07) is 2.68. The van der Waals surface area contributed by atoms with Gasteiger partial charge in [-0.15, -0.1) is 0 Å². The van der Waals surface area contributed by atoms with E-state index in [4.69, 9.17) is 0 Å². The molecule has 2 heterocycles. The molecular formula is C25H36N4O6. The maximum absolute atomic E-state index is 12.6. The molecule has 4 N–H and O–H groups in total. The third-order valence-electron chi connectivity index (χ3n) is 6.51. The van der Waals surface area contributed by atoms with Crippen LogP contribution < -0.4 is 21.5 Å². The molecule has 10 heteroatoms. The number of pyridine rings is 2. The third kappa shape index (κ3) is 6.97. The smallest absolute Gasteiger partial charge is 0.223 e. The fourth-order valence-corrected chi connectivity index (χ4v) is 3.93. The van der Waals surface area contributed by atoms with E-state index in [2.05, 4.69) is 10.6 Å². The first-order chi connectivity index (χ1) is 16.5. The molecule has 1 atom stereocenters. The Hall–Kier alpha value is -3.56. The first kappa shape index (κ1) is 27.7. The van der Waals surface area contributed by atoms with Crippen LogP contribution in [0.2, 0.25) is 0 Å². The van der Waals surface area contributed by atoms with Crippen LogP contribution in [0, 0.1) is 19.8 Å². The summed E-state index contributed by atoms with van der Waals surface area (Å²) in [5.41, 5.74) is 1.11. The summed E-state index contributed by atoms with van der Waals surface area (Å²) in [7, 11) is 3.43. The quantitative estimate of drug-likeness (QED) is 0.354. The Morgan fingerprint density at radius 2 is 1.37 bits per heavy atom. The van der Waals surface area contributed by atoms with Crippen molar-refractivity contribution in [3.8, 4) is 11.5 Å². The van der Waals surface area contributed by atoms with Crippen LogP contribution in [0.4, 0.5) is 0 Å². The van der Waals surface area contributed by atoms with Crippen molar-refractivity contribution in [1.82, 2.24) is 19.8 Å². The number of carbonyl (C=O) groups excluding carboxylic acids is 2. The normalized spacial score (nSPS) is 11.8. The predicted molar refractivity (Wildman–Crippen MR) is 132 cm³/mol. The van der Waals surface area contributed by atoms with Crippen LogP contribution in [0.25, 0.3) is 0 Å². The number of hydrogen-bond acceptors (Lipinski definition) is 6. The van der Waals surface area contributed by atoms with Gasteiger partial charge in [-0.1, -0.05) is 13.3 Å². The predicted octanol–water partition coefficient (Wildman–Crippen LogP) is 1.63. The first-order valence-electron chi connectivity index (χ1n) is 11.8. The Morgan fingerprint density at radius 1 is 0.886 bits per heavy atom. The maximum atomic E-state index is 12.6. The highest BCUT2D eigenvalue weighted by atomic mass is 16.3. The Morgan fingerprint density at radius 3 is 1.86 bits per heavy atom. The molecule has 0 bridgehead atoms. The van der Waals surface area contributed by atoms with Gasteiger partial charge in [-0.25, -0.2) is 0 Å². The highest BCUT2D eigenvalue weighted by Crippen LogP contribution is 2.17. The van der Waals surface area contributed by atoms with E-state index in [9.17, 15) is 29.4 Å². The fraction of sp³-hybridized carbons (Fsp3) is 0.520. The molecule has 35 heavy (non-hydrogen) atoms. The Kier molecular flexibility index (Phi) is 9.68. The zero-order valence-electron chi connectivity index (χ0n) is 21.1. The highest BCUT2D eigenvalue weighted by molar-refractivity contribution is 5.78. The topological polar surface area (TPSA) is 143 Å². The van der Waals surface area contributed by atoms with Gasteiger partial charge < -0.3 is 30.0 Å². The number of aryl methyl sites for hydroxylation is 2. The van der Waals surface area contributed by atoms with Crippen LogP contribution in [0.15, 0.2) is 21.7 Å². The van der Waals surface area contributed by atoms with Gasteiger partial charge in [0.15, 0.2) is 11.5 Å². The van der Waals surface area contributed by atoms with Gasteiger partial charge in [-0.05, 0) is 33.1 Å². The van der Waals surface area contributed by atoms with E-state index in [1.54, 1.807) is 37.1 Å². The van der Waals surface area contributed by atoms with Crippen molar-refractivity contribution in [2.45, 2.75) is 66.0 Å². The Labute approximate surface area is 204 Å². The maximum Gasteiger partial charge on any atom is 0.223 e. The monoisotopic (exact) mass is 488 g/mol. The molecule has 0 fully saturated rings. The second-order valence-corrected chi connectivity index (χ2v) is 8.85. The van der Waals surface area contributed by atoms with E-state index in [-0.39, 0.29) is 48.7 Å². The Balaban J connectivity index is 1.81. The molecule has 0 aromatic carbocycles. The zero-order chi connectivity index (χ0) is 26.3. The number of nitrogens with one attached hydrogen (secondary N) is 2. The van der Waals surface area contributed by atoms with E-state index < -0.39 is 10.9 Å². The molecule has 0 spiro atoms. The van der Waals surface area contributed by atoms with Gasteiger partial charge in [0, 0.05) is 50.0 Å². The third-order valence-corrected chi connectivity index (χ3v) is 6.51. The number of hydrogen-bond donors (Lipinski definition) is 4. The van der Waals surface area contributed by atoms with E-state index >= 15 is 0 Å². The van der Waals surface area contributed by atoms with E-state index in [0.29, 0.717) is 48.5 Å². The molecule has 10 nitrogen and oxygen atoms in total. The van der Waals surface area contributed by atoms with Gasteiger partial charge in [0.05, 0.1) is 24.5 Å². The summed E-state index contributed by atoms with van der Waals surface area (Å²) in [5, 5.41) is 25.6. The van der Waals surface area contributed by atoms with Gasteiger partial charge in [-0.2, -0.15) is 0 Å². The molecule has 2 aromatic rings. The first-order valence-corrected chi connectivity index (χ1v) is 11.8. The van der Waals surface area contributed by atoms with Gasteiger partial charge in [0.25, 0.3) is 0 Å². The number of rotatable bonds is 11. The number of aromatic nitrogens is 2. The largest absolute Gasteiger partial charge is 0.503 e. The minimum atomic E-state index is -0.478. The molecule has 2 amide bonds. The van der Waals surface area contributed by atoms with Crippen molar-refractivity contribution in [3.63, 3.8) is 0 Å². The summed E-state index contributed by atoms with van der Waals surface area (Å²) in [6.45, 7) is 5.51. The summed E-state index contributed by atoms with van der Waals surface area (Å²) in [4.78, 5) is 48.5. The average molecular weight is 489 g/mol. The minimum Gasteiger partial charge on any atom is -0.503 e. The van der Waals surface area contributed by atoms with Crippen LogP contribution in [-0.4, -0.2) is 31.2 Å². The van der Waals surface area contributed by atoms with Crippen molar-refractivity contribution >= 4 is 11.8 Å². The van der Waals surface area contributed by atoms with Crippen molar-refractivity contribution in [2.24, 2.45) is 20.0 Å². The number of unbranched alkanes of at least 4 members (excludes halogenated alkanes) is 1.